The predicted octanol–water partition coefficient (Wildman–Crippen LogP) is 6.05. The number of ketones is 1. The third-order valence-electron chi connectivity index (χ3n) is 4.20. The lowest BCUT2D eigenvalue weighted by Crippen LogP contribution is -2.14. The van der Waals surface area contributed by atoms with Crippen molar-refractivity contribution in [3.8, 4) is 11.3 Å². The first kappa shape index (κ1) is 17.4. The first-order valence-corrected chi connectivity index (χ1v) is 9.74. The average Bonchev–Trinajstić information content (AvgIpc) is 3.09. The molecule has 0 atom stereocenters. The van der Waals surface area contributed by atoms with Crippen LogP contribution >= 0.6 is 23.6 Å². The predicted molar refractivity (Wildman–Crippen MR) is 114 cm³/mol. The van der Waals surface area contributed by atoms with Gasteiger partial charge in [0.2, 0.25) is 0 Å². The van der Waals surface area contributed by atoms with Crippen LogP contribution in [0.5, 0.6) is 0 Å². The SMILES string of the molecule is O=C(c1ccccc1)c1ccccc1Nn1c(-c2ccccc2)csc1=S. The number of benzene rings is 3. The maximum Gasteiger partial charge on any atom is 0.195 e. The molecule has 27 heavy (non-hydrogen) atoms. The number of para-hydroxylation sites is 1. The number of hydrogen-bond acceptors (Lipinski definition) is 4. The topological polar surface area (TPSA) is 34.0 Å². The van der Waals surface area contributed by atoms with Gasteiger partial charge in [-0.3, -0.25) is 10.2 Å². The van der Waals surface area contributed by atoms with Crippen molar-refractivity contribution in [1.29, 1.82) is 0 Å². The zero-order chi connectivity index (χ0) is 18.6. The molecule has 1 aromatic heterocycles. The molecular formula is C22H16N2OS2. The van der Waals surface area contributed by atoms with E-state index in [1.165, 1.54) is 11.3 Å². The molecule has 0 bridgehead atoms. The Bertz CT molecular complexity index is 1130. The summed E-state index contributed by atoms with van der Waals surface area (Å²) in [7, 11) is 0. The van der Waals surface area contributed by atoms with Gasteiger partial charge < -0.3 is 0 Å². The summed E-state index contributed by atoms with van der Waals surface area (Å²) in [5, 5.41) is 2.02. The number of thiazole rings is 1. The van der Waals surface area contributed by atoms with Gasteiger partial charge in [0.15, 0.2) is 9.74 Å². The molecule has 4 aromatic rings. The number of carbonyl (C=O) groups is 1. The summed E-state index contributed by atoms with van der Waals surface area (Å²) in [5.41, 5.74) is 7.35. The zero-order valence-electron chi connectivity index (χ0n) is 14.3. The van der Waals surface area contributed by atoms with Gasteiger partial charge in [0.05, 0.1) is 11.4 Å². The van der Waals surface area contributed by atoms with E-state index in [9.17, 15) is 4.79 Å². The molecule has 3 aromatic carbocycles. The molecule has 1 N–H and O–H groups in total. The van der Waals surface area contributed by atoms with E-state index < -0.39 is 0 Å². The quantitative estimate of drug-likeness (QED) is 0.334. The van der Waals surface area contributed by atoms with Crippen molar-refractivity contribution in [3.05, 3.63) is 105 Å². The Morgan fingerprint density at radius 2 is 1.48 bits per heavy atom. The largest absolute Gasteiger partial charge is 0.292 e. The number of anilines is 1. The van der Waals surface area contributed by atoms with Gasteiger partial charge >= 0.3 is 0 Å². The van der Waals surface area contributed by atoms with Crippen LogP contribution in [-0.2, 0) is 0 Å². The summed E-state index contributed by atoms with van der Waals surface area (Å²) in [4.78, 5) is 13.0. The maximum atomic E-state index is 13.0. The summed E-state index contributed by atoms with van der Waals surface area (Å²) >= 11 is 6.99. The molecule has 0 radical (unpaired) electrons. The molecule has 0 aliphatic rings. The fourth-order valence-corrected chi connectivity index (χ4v) is 3.86. The Kier molecular flexibility index (Phi) is 4.96. The molecule has 0 unspecified atom stereocenters. The maximum absolute atomic E-state index is 13.0. The monoisotopic (exact) mass is 388 g/mol. The standard InChI is InChI=1S/C22H16N2OS2/c25-21(17-11-5-2-6-12-17)18-13-7-8-14-19(18)23-24-20(15-27-22(24)26)16-9-3-1-4-10-16/h1-15,23H. The van der Waals surface area contributed by atoms with Gasteiger partial charge in [0.1, 0.15) is 0 Å². The molecular weight excluding hydrogens is 372 g/mol. The number of nitrogens with zero attached hydrogens (tertiary/aromatic N) is 1. The van der Waals surface area contributed by atoms with Crippen LogP contribution in [0, 0.1) is 3.95 Å². The minimum Gasteiger partial charge on any atom is -0.292 e. The van der Waals surface area contributed by atoms with Gasteiger partial charge in [-0.2, -0.15) is 0 Å². The first-order chi connectivity index (χ1) is 13.2. The van der Waals surface area contributed by atoms with Crippen LogP contribution in [0.3, 0.4) is 0 Å². The van der Waals surface area contributed by atoms with Crippen molar-refractivity contribution in [2.75, 3.05) is 5.43 Å². The lowest BCUT2D eigenvalue weighted by atomic mass is 10.0. The molecule has 0 amide bonds. The summed E-state index contributed by atoms with van der Waals surface area (Å²) in [6.45, 7) is 0. The van der Waals surface area contributed by atoms with E-state index in [1.807, 2.05) is 95.0 Å². The molecule has 0 saturated carbocycles. The Balaban J connectivity index is 1.75. The fourth-order valence-electron chi connectivity index (χ4n) is 2.87. The van der Waals surface area contributed by atoms with E-state index in [1.54, 1.807) is 0 Å². The zero-order valence-corrected chi connectivity index (χ0v) is 16.0. The number of rotatable bonds is 5. The molecule has 4 rings (SSSR count). The third kappa shape index (κ3) is 3.60. The fraction of sp³-hybridized carbons (Fsp3) is 0. The summed E-state index contributed by atoms with van der Waals surface area (Å²) in [6, 6.07) is 26.8. The number of carbonyl (C=O) groups excluding carboxylic acids is 1. The normalized spacial score (nSPS) is 10.5. The van der Waals surface area contributed by atoms with Gasteiger partial charge in [-0.05, 0) is 24.4 Å². The second-order valence-corrected chi connectivity index (χ2v) is 7.44. The van der Waals surface area contributed by atoms with Crippen molar-refractivity contribution >= 4 is 35.0 Å². The lowest BCUT2D eigenvalue weighted by Gasteiger charge is -2.15. The van der Waals surface area contributed by atoms with Crippen LogP contribution in [0.4, 0.5) is 5.69 Å². The smallest absolute Gasteiger partial charge is 0.195 e. The second-order valence-electron chi connectivity index (χ2n) is 5.94. The molecule has 0 aliphatic carbocycles. The minimum absolute atomic E-state index is 0.0262. The Morgan fingerprint density at radius 3 is 2.22 bits per heavy atom. The van der Waals surface area contributed by atoms with Crippen molar-refractivity contribution in [2.24, 2.45) is 0 Å². The Hall–Kier alpha value is -3.02. The van der Waals surface area contributed by atoms with Crippen molar-refractivity contribution in [2.45, 2.75) is 0 Å². The highest BCUT2D eigenvalue weighted by Crippen LogP contribution is 2.26. The average molecular weight is 389 g/mol. The van der Waals surface area contributed by atoms with Crippen LogP contribution in [0.2, 0.25) is 0 Å². The molecule has 0 saturated heterocycles. The number of hydrogen-bond donors (Lipinski definition) is 1. The Morgan fingerprint density at radius 1 is 0.852 bits per heavy atom. The van der Waals surface area contributed by atoms with Gasteiger partial charge in [-0.1, -0.05) is 72.8 Å². The molecule has 0 fully saturated rings. The number of aromatic nitrogens is 1. The van der Waals surface area contributed by atoms with Gasteiger partial charge in [-0.25, -0.2) is 4.68 Å². The Labute approximate surface area is 166 Å². The van der Waals surface area contributed by atoms with Crippen LogP contribution in [-0.4, -0.2) is 10.5 Å². The highest BCUT2D eigenvalue weighted by Gasteiger charge is 2.15. The first-order valence-electron chi connectivity index (χ1n) is 8.46. The summed E-state index contributed by atoms with van der Waals surface area (Å²) in [5.74, 6) is -0.0262. The van der Waals surface area contributed by atoms with Gasteiger partial charge in [0, 0.05) is 22.1 Å². The van der Waals surface area contributed by atoms with Crippen LogP contribution < -0.4 is 5.43 Å². The molecule has 5 heteroatoms. The highest BCUT2D eigenvalue weighted by molar-refractivity contribution is 7.73. The molecule has 1 heterocycles. The van der Waals surface area contributed by atoms with E-state index in [2.05, 4.69) is 5.43 Å². The summed E-state index contributed by atoms with van der Waals surface area (Å²) in [6.07, 6.45) is 0. The molecule has 0 spiro atoms. The highest BCUT2D eigenvalue weighted by atomic mass is 32.1. The van der Waals surface area contributed by atoms with E-state index in [-0.39, 0.29) is 5.78 Å². The molecule has 3 nitrogen and oxygen atoms in total. The van der Waals surface area contributed by atoms with Crippen LogP contribution in [0.15, 0.2) is 90.3 Å². The molecule has 0 aliphatic heterocycles. The van der Waals surface area contributed by atoms with Gasteiger partial charge in [0.25, 0.3) is 0 Å². The van der Waals surface area contributed by atoms with Crippen LogP contribution in [0.25, 0.3) is 11.3 Å². The lowest BCUT2D eigenvalue weighted by molar-refractivity contribution is 0.103. The summed E-state index contributed by atoms with van der Waals surface area (Å²) < 4.78 is 2.54. The van der Waals surface area contributed by atoms with E-state index >= 15 is 0 Å². The van der Waals surface area contributed by atoms with E-state index in [0.717, 1.165) is 16.9 Å². The third-order valence-corrected chi connectivity index (χ3v) is 5.40. The van der Waals surface area contributed by atoms with E-state index in [4.69, 9.17) is 12.2 Å². The van der Waals surface area contributed by atoms with Crippen molar-refractivity contribution in [3.63, 3.8) is 0 Å². The van der Waals surface area contributed by atoms with Crippen LogP contribution in [0.1, 0.15) is 15.9 Å². The van der Waals surface area contributed by atoms with Crippen molar-refractivity contribution < 1.29 is 4.79 Å². The van der Waals surface area contributed by atoms with E-state index in [0.29, 0.717) is 15.1 Å². The van der Waals surface area contributed by atoms with Crippen molar-refractivity contribution in [1.82, 2.24) is 4.68 Å². The second kappa shape index (κ2) is 7.70. The van der Waals surface area contributed by atoms with Gasteiger partial charge in [-0.15, -0.1) is 11.3 Å². The number of nitrogens with one attached hydrogen (secondary N) is 1. The molecule has 132 valence electrons. The minimum atomic E-state index is -0.0262.